The van der Waals surface area contributed by atoms with E-state index in [0.29, 0.717) is 17.8 Å². The zero-order valence-electron chi connectivity index (χ0n) is 14.2. The van der Waals surface area contributed by atoms with Crippen LogP contribution in [0.15, 0.2) is 42.5 Å². The maximum Gasteiger partial charge on any atom is 0.258 e. The van der Waals surface area contributed by atoms with E-state index in [4.69, 9.17) is 0 Å². The summed E-state index contributed by atoms with van der Waals surface area (Å²) in [6.45, 7) is 2.10. The van der Waals surface area contributed by atoms with Gasteiger partial charge in [0.15, 0.2) is 0 Å². The van der Waals surface area contributed by atoms with Crippen molar-refractivity contribution in [1.29, 1.82) is 0 Å². The van der Waals surface area contributed by atoms with Crippen LogP contribution in [0.5, 0.6) is 0 Å². The molecule has 0 saturated heterocycles. The fourth-order valence-corrected chi connectivity index (χ4v) is 3.01. The molecule has 3 rings (SSSR count). The fourth-order valence-electron chi connectivity index (χ4n) is 3.01. The van der Waals surface area contributed by atoms with Crippen LogP contribution in [0, 0.1) is 0 Å². The van der Waals surface area contributed by atoms with E-state index in [1.807, 2.05) is 61.5 Å². The van der Waals surface area contributed by atoms with Gasteiger partial charge in [-0.15, -0.1) is 0 Å². The lowest BCUT2D eigenvalue weighted by molar-refractivity contribution is -0.114. The first-order valence-electron chi connectivity index (χ1n) is 7.96. The van der Waals surface area contributed by atoms with Crippen molar-refractivity contribution in [3.05, 3.63) is 53.6 Å². The van der Waals surface area contributed by atoms with Gasteiger partial charge in [-0.2, -0.15) is 0 Å². The quantitative estimate of drug-likeness (QED) is 0.945. The highest BCUT2D eigenvalue weighted by atomic mass is 16.2. The van der Waals surface area contributed by atoms with Gasteiger partial charge in [0.1, 0.15) is 0 Å². The molecular weight excluding hydrogens is 302 g/mol. The molecule has 5 nitrogen and oxygen atoms in total. The number of amides is 2. The minimum Gasteiger partial charge on any atom is -0.378 e. The molecule has 0 aromatic heterocycles. The van der Waals surface area contributed by atoms with Gasteiger partial charge in [0.2, 0.25) is 5.91 Å². The predicted octanol–water partition coefficient (Wildman–Crippen LogP) is 2.91. The third-order valence-electron chi connectivity index (χ3n) is 4.18. The van der Waals surface area contributed by atoms with Crippen LogP contribution in [0.2, 0.25) is 0 Å². The number of carbonyl (C=O) groups excluding carboxylic acids is 2. The van der Waals surface area contributed by atoms with E-state index in [1.165, 1.54) is 6.92 Å². The summed E-state index contributed by atoms with van der Waals surface area (Å²) in [7, 11) is 3.93. The summed E-state index contributed by atoms with van der Waals surface area (Å²) in [6, 6.07) is 13.3. The molecule has 24 heavy (non-hydrogen) atoms. The predicted molar refractivity (Wildman–Crippen MR) is 96.9 cm³/mol. The number of benzene rings is 2. The lowest BCUT2D eigenvalue weighted by Crippen LogP contribution is -2.29. The van der Waals surface area contributed by atoms with Crippen molar-refractivity contribution in [3.63, 3.8) is 0 Å². The van der Waals surface area contributed by atoms with Gasteiger partial charge in [-0.25, -0.2) is 0 Å². The molecule has 1 aliphatic rings. The molecule has 2 amide bonds. The van der Waals surface area contributed by atoms with Gasteiger partial charge in [-0.1, -0.05) is 12.1 Å². The second kappa shape index (κ2) is 6.35. The maximum absolute atomic E-state index is 12.9. The van der Waals surface area contributed by atoms with E-state index in [0.717, 1.165) is 23.4 Å². The standard InChI is InChI=1S/C19H21N3O2/c1-13(23)20-17-6-4-5-14-11-12-22(18(14)17)19(24)15-7-9-16(10-8-15)21(2)3/h4-10H,11-12H2,1-3H3,(H,20,23). The van der Waals surface area contributed by atoms with Gasteiger partial charge < -0.3 is 15.1 Å². The third kappa shape index (κ3) is 2.97. The van der Waals surface area contributed by atoms with Crippen LogP contribution in [0.4, 0.5) is 17.1 Å². The molecule has 0 bridgehead atoms. The molecule has 0 fully saturated rings. The van der Waals surface area contributed by atoms with Gasteiger partial charge >= 0.3 is 0 Å². The second-order valence-electron chi connectivity index (χ2n) is 6.14. The summed E-state index contributed by atoms with van der Waals surface area (Å²) in [5.74, 6) is -0.185. The minimum absolute atomic E-state index is 0.0446. The Morgan fingerprint density at radius 2 is 1.79 bits per heavy atom. The Morgan fingerprint density at radius 1 is 1.08 bits per heavy atom. The molecular formula is C19H21N3O2. The Kier molecular flexibility index (Phi) is 4.25. The Balaban J connectivity index is 1.92. The molecule has 5 heteroatoms. The van der Waals surface area contributed by atoms with Gasteiger partial charge in [0, 0.05) is 38.8 Å². The Bertz CT molecular complexity index is 782. The molecule has 0 spiro atoms. The number of nitrogens with zero attached hydrogens (tertiary/aromatic N) is 2. The largest absolute Gasteiger partial charge is 0.378 e. The van der Waals surface area contributed by atoms with Gasteiger partial charge in [-0.05, 0) is 42.3 Å². The van der Waals surface area contributed by atoms with E-state index in [9.17, 15) is 9.59 Å². The summed E-state index contributed by atoms with van der Waals surface area (Å²) < 4.78 is 0. The highest BCUT2D eigenvalue weighted by molar-refractivity contribution is 6.10. The summed E-state index contributed by atoms with van der Waals surface area (Å²) >= 11 is 0. The lowest BCUT2D eigenvalue weighted by atomic mass is 10.1. The highest BCUT2D eigenvalue weighted by Gasteiger charge is 2.28. The van der Waals surface area contributed by atoms with E-state index < -0.39 is 0 Å². The van der Waals surface area contributed by atoms with E-state index in [-0.39, 0.29) is 11.8 Å². The van der Waals surface area contributed by atoms with Crippen LogP contribution in [0.3, 0.4) is 0 Å². The molecule has 124 valence electrons. The van der Waals surface area contributed by atoms with Crippen molar-refractivity contribution in [2.75, 3.05) is 35.8 Å². The second-order valence-corrected chi connectivity index (χ2v) is 6.14. The first-order chi connectivity index (χ1) is 11.5. The van der Waals surface area contributed by atoms with Crippen molar-refractivity contribution in [1.82, 2.24) is 0 Å². The molecule has 1 heterocycles. The smallest absolute Gasteiger partial charge is 0.258 e. The average molecular weight is 323 g/mol. The molecule has 0 radical (unpaired) electrons. The molecule has 0 unspecified atom stereocenters. The van der Waals surface area contributed by atoms with Crippen molar-refractivity contribution in [2.45, 2.75) is 13.3 Å². The van der Waals surface area contributed by atoms with Crippen LogP contribution >= 0.6 is 0 Å². The zero-order chi connectivity index (χ0) is 17.3. The SMILES string of the molecule is CC(=O)Nc1cccc2c1N(C(=O)c1ccc(N(C)C)cc1)CC2. The maximum atomic E-state index is 12.9. The van der Waals surface area contributed by atoms with Gasteiger partial charge in [-0.3, -0.25) is 9.59 Å². The van der Waals surface area contributed by atoms with Crippen LogP contribution < -0.4 is 15.1 Å². The molecule has 1 N–H and O–H groups in total. The van der Waals surface area contributed by atoms with Crippen molar-refractivity contribution < 1.29 is 9.59 Å². The number of rotatable bonds is 3. The number of nitrogens with one attached hydrogen (secondary N) is 1. The number of fused-ring (bicyclic) bond motifs is 1. The summed E-state index contributed by atoms with van der Waals surface area (Å²) in [5.41, 5.74) is 4.28. The number of carbonyl (C=O) groups is 2. The van der Waals surface area contributed by atoms with Crippen molar-refractivity contribution in [2.24, 2.45) is 0 Å². The third-order valence-corrected chi connectivity index (χ3v) is 4.18. The number of anilines is 3. The van der Waals surface area contributed by atoms with Crippen LogP contribution in [-0.4, -0.2) is 32.5 Å². The molecule has 0 saturated carbocycles. The van der Waals surface area contributed by atoms with Crippen molar-refractivity contribution in [3.8, 4) is 0 Å². The fraction of sp³-hybridized carbons (Fsp3) is 0.263. The van der Waals surface area contributed by atoms with E-state index in [1.54, 1.807) is 4.90 Å². The summed E-state index contributed by atoms with van der Waals surface area (Å²) in [4.78, 5) is 28.1. The first kappa shape index (κ1) is 16.1. The van der Waals surface area contributed by atoms with Crippen LogP contribution in [0.1, 0.15) is 22.8 Å². The molecule has 2 aromatic rings. The van der Waals surface area contributed by atoms with Gasteiger partial charge in [0.25, 0.3) is 5.91 Å². The first-order valence-corrected chi connectivity index (χ1v) is 7.96. The van der Waals surface area contributed by atoms with E-state index >= 15 is 0 Å². The lowest BCUT2D eigenvalue weighted by Gasteiger charge is -2.21. The Morgan fingerprint density at radius 3 is 2.42 bits per heavy atom. The van der Waals surface area contributed by atoms with E-state index in [2.05, 4.69) is 5.32 Å². The number of hydrogen-bond donors (Lipinski definition) is 1. The van der Waals surface area contributed by atoms with Gasteiger partial charge in [0.05, 0.1) is 11.4 Å². The molecule has 0 aliphatic carbocycles. The zero-order valence-corrected chi connectivity index (χ0v) is 14.2. The Hall–Kier alpha value is -2.82. The normalized spacial score (nSPS) is 12.7. The summed E-state index contributed by atoms with van der Waals surface area (Å²) in [6.07, 6.45) is 0.796. The Labute approximate surface area is 141 Å². The molecule has 0 atom stereocenters. The topological polar surface area (TPSA) is 52.7 Å². The number of para-hydroxylation sites is 1. The van der Waals surface area contributed by atoms with Crippen molar-refractivity contribution >= 4 is 28.9 Å². The summed E-state index contributed by atoms with van der Waals surface area (Å²) in [5, 5.41) is 2.83. The van der Waals surface area contributed by atoms with Crippen LogP contribution in [0.25, 0.3) is 0 Å². The highest BCUT2D eigenvalue weighted by Crippen LogP contribution is 2.36. The number of hydrogen-bond acceptors (Lipinski definition) is 3. The monoisotopic (exact) mass is 323 g/mol. The van der Waals surface area contributed by atoms with Crippen LogP contribution in [-0.2, 0) is 11.2 Å². The molecule has 2 aromatic carbocycles. The average Bonchev–Trinajstić information content (AvgIpc) is 2.99. The molecule has 1 aliphatic heterocycles. The minimum atomic E-state index is -0.141.